The Hall–Kier alpha value is -0.610. The molecule has 3 atom stereocenters. The summed E-state index contributed by atoms with van der Waals surface area (Å²) in [7, 11) is 0. The Morgan fingerprint density at radius 2 is 2.00 bits per heavy atom. The van der Waals surface area contributed by atoms with Crippen molar-refractivity contribution in [2.75, 3.05) is 13.2 Å². The first kappa shape index (κ1) is 16.4. The molecule has 1 fully saturated rings. The number of hydrogen-bond donors (Lipinski definition) is 3. The van der Waals surface area contributed by atoms with Gasteiger partial charge in [-0.15, -0.1) is 0 Å². The number of hydrogen-bond acceptors (Lipinski definition) is 3. The number of aliphatic hydroxyl groups is 1. The van der Waals surface area contributed by atoms with Crippen molar-refractivity contribution in [1.29, 1.82) is 0 Å². The van der Waals surface area contributed by atoms with Crippen molar-refractivity contribution in [2.45, 2.75) is 58.9 Å². The highest BCUT2D eigenvalue weighted by molar-refractivity contribution is 5.79. The molecule has 1 saturated carbocycles. The summed E-state index contributed by atoms with van der Waals surface area (Å²) in [6.45, 7) is 7.43. The van der Waals surface area contributed by atoms with Crippen LogP contribution in [0.2, 0.25) is 0 Å². The number of carbonyl (C=O) groups excluding carboxylic acids is 1. The van der Waals surface area contributed by atoms with Crippen molar-refractivity contribution >= 4 is 5.91 Å². The van der Waals surface area contributed by atoms with Crippen LogP contribution < -0.4 is 11.1 Å². The summed E-state index contributed by atoms with van der Waals surface area (Å²) in [5.41, 5.74) is 6.08. The summed E-state index contributed by atoms with van der Waals surface area (Å²) < 4.78 is 0. The average molecular weight is 270 g/mol. The molecule has 4 N–H and O–H groups in total. The van der Waals surface area contributed by atoms with Crippen LogP contribution in [0.1, 0.15) is 52.9 Å². The van der Waals surface area contributed by atoms with E-state index in [1.54, 1.807) is 0 Å². The van der Waals surface area contributed by atoms with E-state index in [1.807, 2.05) is 0 Å². The first-order valence-electron chi connectivity index (χ1n) is 7.55. The first-order chi connectivity index (χ1) is 8.91. The van der Waals surface area contributed by atoms with Gasteiger partial charge in [-0.2, -0.15) is 0 Å². The van der Waals surface area contributed by atoms with E-state index in [4.69, 9.17) is 10.8 Å². The normalized spacial score (nSPS) is 30.1. The van der Waals surface area contributed by atoms with Crippen LogP contribution in [0.5, 0.6) is 0 Å². The van der Waals surface area contributed by atoms with E-state index < -0.39 is 0 Å². The number of carbonyl (C=O) groups is 1. The fourth-order valence-corrected chi connectivity index (χ4v) is 3.07. The van der Waals surface area contributed by atoms with Crippen LogP contribution in [0.3, 0.4) is 0 Å². The third kappa shape index (κ3) is 4.18. The molecule has 0 aromatic heterocycles. The number of rotatable bonds is 6. The molecule has 19 heavy (non-hydrogen) atoms. The van der Waals surface area contributed by atoms with E-state index in [-0.39, 0.29) is 29.9 Å². The zero-order valence-electron chi connectivity index (χ0n) is 12.6. The molecule has 0 aromatic carbocycles. The molecule has 0 saturated heterocycles. The Morgan fingerprint density at radius 3 is 2.63 bits per heavy atom. The molecule has 1 aliphatic rings. The van der Waals surface area contributed by atoms with Gasteiger partial charge in [-0.05, 0) is 43.4 Å². The van der Waals surface area contributed by atoms with Crippen molar-refractivity contribution in [3.05, 3.63) is 0 Å². The topological polar surface area (TPSA) is 75.4 Å². The van der Waals surface area contributed by atoms with Crippen molar-refractivity contribution < 1.29 is 9.90 Å². The molecule has 0 aromatic rings. The van der Waals surface area contributed by atoms with Gasteiger partial charge in [-0.1, -0.05) is 20.8 Å². The van der Waals surface area contributed by atoms with E-state index in [2.05, 4.69) is 26.1 Å². The number of amides is 1. The maximum Gasteiger partial charge on any atom is 0.223 e. The van der Waals surface area contributed by atoms with E-state index >= 15 is 0 Å². The third-order valence-corrected chi connectivity index (χ3v) is 4.95. The van der Waals surface area contributed by atoms with Crippen LogP contribution in [-0.4, -0.2) is 30.2 Å². The van der Waals surface area contributed by atoms with Gasteiger partial charge >= 0.3 is 0 Å². The highest BCUT2D eigenvalue weighted by atomic mass is 16.2. The Balaban J connectivity index is 2.43. The first-order valence-corrected chi connectivity index (χ1v) is 7.55. The lowest BCUT2D eigenvalue weighted by atomic mass is 9.61. The average Bonchev–Trinajstić information content (AvgIpc) is 2.35. The quantitative estimate of drug-likeness (QED) is 0.643. The van der Waals surface area contributed by atoms with E-state index in [0.717, 1.165) is 32.1 Å². The molecule has 1 amide bonds. The van der Waals surface area contributed by atoms with Gasteiger partial charge in [-0.3, -0.25) is 4.79 Å². The molecular formula is C15H30N2O2. The molecule has 0 spiro atoms. The number of unbranched alkanes of at least 4 members (excludes halogenated alkanes) is 2. The molecule has 4 heteroatoms. The van der Waals surface area contributed by atoms with E-state index in [0.29, 0.717) is 12.5 Å². The smallest absolute Gasteiger partial charge is 0.223 e. The van der Waals surface area contributed by atoms with Gasteiger partial charge in [0.15, 0.2) is 0 Å². The molecule has 0 radical (unpaired) electrons. The van der Waals surface area contributed by atoms with Crippen LogP contribution in [0, 0.1) is 17.3 Å². The van der Waals surface area contributed by atoms with Gasteiger partial charge in [0.2, 0.25) is 5.91 Å². The van der Waals surface area contributed by atoms with Gasteiger partial charge in [0.05, 0.1) is 0 Å². The SMILES string of the molecule is CC1C(N)CCC(C(=O)NCCCCCO)C1(C)C. The van der Waals surface area contributed by atoms with Gasteiger partial charge in [-0.25, -0.2) is 0 Å². The van der Waals surface area contributed by atoms with Crippen LogP contribution >= 0.6 is 0 Å². The molecule has 1 aliphatic carbocycles. The molecule has 0 bridgehead atoms. The predicted molar refractivity (Wildman–Crippen MR) is 77.6 cm³/mol. The number of nitrogens with one attached hydrogen (secondary N) is 1. The lowest BCUT2D eigenvalue weighted by Crippen LogP contribution is -2.51. The molecule has 0 aliphatic heterocycles. The van der Waals surface area contributed by atoms with Gasteiger partial charge in [0.1, 0.15) is 0 Å². The summed E-state index contributed by atoms with van der Waals surface area (Å²) in [6, 6.07) is 0.212. The lowest BCUT2D eigenvalue weighted by molar-refractivity contribution is -0.132. The summed E-state index contributed by atoms with van der Waals surface area (Å²) in [5.74, 6) is 0.610. The Bertz CT molecular complexity index is 292. The predicted octanol–water partition coefficient (Wildman–Crippen LogP) is 1.66. The maximum absolute atomic E-state index is 12.3. The molecule has 4 nitrogen and oxygen atoms in total. The van der Waals surface area contributed by atoms with Crippen molar-refractivity contribution in [3.8, 4) is 0 Å². The van der Waals surface area contributed by atoms with Crippen molar-refractivity contribution in [3.63, 3.8) is 0 Å². The monoisotopic (exact) mass is 270 g/mol. The summed E-state index contributed by atoms with van der Waals surface area (Å²) in [6.07, 6.45) is 4.55. The second-order valence-electron chi connectivity index (χ2n) is 6.48. The summed E-state index contributed by atoms with van der Waals surface area (Å²) in [4.78, 5) is 12.3. The third-order valence-electron chi connectivity index (χ3n) is 4.95. The van der Waals surface area contributed by atoms with Crippen molar-refractivity contribution in [2.24, 2.45) is 23.0 Å². The molecule has 1 rings (SSSR count). The van der Waals surface area contributed by atoms with Gasteiger partial charge < -0.3 is 16.2 Å². The summed E-state index contributed by atoms with van der Waals surface area (Å²) >= 11 is 0. The van der Waals surface area contributed by atoms with Gasteiger partial charge in [0, 0.05) is 25.1 Å². The Kier molecular flexibility index (Phi) is 6.27. The fourth-order valence-electron chi connectivity index (χ4n) is 3.07. The Morgan fingerprint density at radius 1 is 1.32 bits per heavy atom. The van der Waals surface area contributed by atoms with Crippen LogP contribution in [0.4, 0.5) is 0 Å². The molecule has 0 heterocycles. The highest BCUT2D eigenvalue weighted by Crippen LogP contribution is 2.44. The standard InChI is InChI=1S/C15H30N2O2/c1-11-13(16)8-7-12(15(11,2)3)14(19)17-9-5-4-6-10-18/h11-13,18H,4-10,16H2,1-3H3,(H,17,19). The number of nitrogens with two attached hydrogens (primary N) is 1. The minimum absolute atomic E-state index is 0.0349. The minimum Gasteiger partial charge on any atom is -0.396 e. The molecule has 112 valence electrons. The zero-order valence-corrected chi connectivity index (χ0v) is 12.6. The minimum atomic E-state index is -0.0349. The molecule has 3 unspecified atom stereocenters. The van der Waals surface area contributed by atoms with Crippen LogP contribution in [-0.2, 0) is 4.79 Å². The lowest BCUT2D eigenvalue weighted by Gasteiger charge is -2.46. The Labute approximate surface area is 117 Å². The molecular weight excluding hydrogens is 240 g/mol. The highest BCUT2D eigenvalue weighted by Gasteiger charge is 2.44. The fraction of sp³-hybridized carbons (Fsp3) is 0.933. The van der Waals surface area contributed by atoms with Crippen molar-refractivity contribution in [1.82, 2.24) is 5.32 Å². The van der Waals surface area contributed by atoms with Crippen LogP contribution in [0.25, 0.3) is 0 Å². The maximum atomic E-state index is 12.3. The number of aliphatic hydroxyl groups excluding tert-OH is 1. The largest absolute Gasteiger partial charge is 0.396 e. The second kappa shape index (κ2) is 7.25. The second-order valence-corrected chi connectivity index (χ2v) is 6.48. The summed E-state index contributed by atoms with van der Waals surface area (Å²) in [5, 5.41) is 11.7. The van der Waals surface area contributed by atoms with E-state index in [1.165, 1.54) is 0 Å². The van der Waals surface area contributed by atoms with Gasteiger partial charge in [0.25, 0.3) is 0 Å². The van der Waals surface area contributed by atoms with Crippen LogP contribution in [0.15, 0.2) is 0 Å². The van der Waals surface area contributed by atoms with E-state index in [9.17, 15) is 4.79 Å². The zero-order chi connectivity index (χ0) is 14.5.